The number of benzene rings is 1. The SMILES string of the molecule is CS(=O)(=O)c1ccc(Cl)c(NC(=O)CSc2n[nH]c(=O)n2C[C@@H]2CCCO2)c1. The van der Waals surface area contributed by atoms with Crippen LogP contribution in [0.2, 0.25) is 5.02 Å². The van der Waals surface area contributed by atoms with Crippen LogP contribution in [0.1, 0.15) is 12.8 Å². The van der Waals surface area contributed by atoms with Gasteiger partial charge in [-0.1, -0.05) is 23.4 Å². The molecule has 0 unspecified atom stereocenters. The van der Waals surface area contributed by atoms with E-state index in [0.717, 1.165) is 30.9 Å². The zero-order chi connectivity index (χ0) is 20.3. The number of aromatic nitrogens is 3. The summed E-state index contributed by atoms with van der Waals surface area (Å²) in [7, 11) is -3.43. The maximum Gasteiger partial charge on any atom is 0.344 e. The van der Waals surface area contributed by atoms with E-state index in [1.165, 1.54) is 22.8 Å². The number of H-pyrrole nitrogens is 1. The second-order valence-corrected chi connectivity index (χ2v) is 9.67. The second kappa shape index (κ2) is 8.68. The lowest BCUT2D eigenvalue weighted by molar-refractivity contribution is -0.113. The van der Waals surface area contributed by atoms with E-state index in [4.69, 9.17) is 16.3 Å². The minimum absolute atomic E-state index is 0.0325. The minimum Gasteiger partial charge on any atom is -0.376 e. The van der Waals surface area contributed by atoms with Crippen LogP contribution < -0.4 is 11.0 Å². The van der Waals surface area contributed by atoms with Crippen molar-refractivity contribution in [3.63, 3.8) is 0 Å². The molecule has 152 valence electrons. The summed E-state index contributed by atoms with van der Waals surface area (Å²) in [6, 6.07) is 4.09. The molecule has 1 aromatic carbocycles. The first-order chi connectivity index (χ1) is 13.2. The second-order valence-electron chi connectivity index (χ2n) is 6.31. The van der Waals surface area contributed by atoms with Crippen molar-refractivity contribution in [2.24, 2.45) is 0 Å². The highest BCUT2D eigenvalue weighted by atomic mass is 35.5. The fraction of sp³-hybridized carbons (Fsp3) is 0.438. The van der Waals surface area contributed by atoms with E-state index in [0.29, 0.717) is 18.3 Å². The molecular weight excluding hydrogens is 428 g/mol. The number of aromatic amines is 1. The number of amides is 1. The van der Waals surface area contributed by atoms with Gasteiger partial charge in [0.2, 0.25) is 5.91 Å². The first-order valence-electron chi connectivity index (χ1n) is 8.43. The van der Waals surface area contributed by atoms with Gasteiger partial charge in [0, 0.05) is 12.9 Å². The number of nitrogens with one attached hydrogen (secondary N) is 2. The van der Waals surface area contributed by atoms with Gasteiger partial charge in [-0.25, -0.2) is 18.3 Å². The third kappa shape index (κ3) is 5.16. The zero-order valence-electron chi connectivity index (χ0n) is 15.0. The summed E-state index contributed by atoms with van der Waals surface area (Å²) in [6.45, 7) is 1.05. The highest BCUT2D eigenvalue weighted by Crippen LogP contribution is 2.26. The largest absolute Gasteiger partial charge is 0.376 e. The Bertz CT molecular complexity index is 1030. The van der Waals surface area contributed by atoms with Gasteiger partial charge in [-0.3, -0.25) is 9.36 Å². The van der Waals surface area contributed by atoms with Gasteiger partial charge in [0.05, 0.1) is 34.0 Å². The molecular formula is C16H19ClN4O5S2. The third-order valence-electron chi connectivity index (χ3n) is 4.11. The highest BCUT2D eigenvalue weighted by Gasteiger charge is 2.20. The summed E-state index contributed by atoms with van der Waals surface area (Å²) in [5.41, 5.74) is -0.156. The molecule has 1 aliphatic rings. The lowest BCUT2D eigenvalue weighted by atomic mass is 10.2. The quantitative estimate of drug-likeness (QED) is 0.618. The van der Waals surface area contributed by atoms with Gasteiger partial charge < -0.3 is 10.1 Å². The maximum atomic E-state index is 12.3. The van der Waals surface area contributed by atoms with Crippen LogP contribution in [0.25, 0.3) is 0 Å². The Hall–Kier alpha value is -1.82. The van der Waals surface area contributed by atoms with Gasteiger partial charge in [0.1, 0.15) is 0 Å². The number of rotatable bonds is 7. The molecule has 1 atom stereocenters. The minimum atomic E-state index is -3.43. The van der Waals surface area contributed by atoms with E-state index in [-0.39, 0.29) is 33.2 Å². The molecule has 1 saturated heterocycles. The third-order valence-corrected chi connectivity index (χ3v) is 6.52. The van der Waals surface area contributed by atoms with Crippen LogP contribution in [-0.4, -0.2) is 53.8 Å². The van der Waals surface area contributed by atoms with E-state index < -0.39 is 15.7 Å². The van der Waals surface area contributed by atoms with Gasteiger partial charge >= 0.3 is 5.69 Å². The molecule has 1 aromatic heterocycles. The summed E-state index contributed by atoms with van der Waals surface area (Å²) in [5, 5.41) is 9.52. The van der Waals surface area contributed by atoms with E-state index in [1.807, 2.05) is 0 Å². The van der Waals surface area contributed by atoms with Gasteiger partial charge in [0.15, 0.2) is 15.0 Å². The zero-order valence-corrected chi connectivity index (χ0v) is 17.4. The van der Waals surface area contributed by atoms with Crippen molar-refractivity contribution >= 4 is 44.8 Å². The molecule has 2 heterocycles. The van der Waals surface area contributed by atoms with Crippen molar-refractivity contribution in [2.75, 3.05) is 23.9 Å². The van der Waals surface area contributed by atoms with Crippen molar-refractivity contribution in [3.05, 3.63) is 33.7 Å². The summed E-state index contributed by atoms with van der Waals surface area (Å²) in [5.74, 6) is -0.438. The van der Waals surface area contributed by atoms with Crippen LogP contribution in [0.5, 0.6) is 0 Å². The van der Waals surface area contributed by atoms with Crippen LogP contribution in [0, 0.1) is 0 Å². The summed E-state index contributed by atoms with van der Waals surface area (Å²) < 4.78 is 30.3. The lowest BCUT2D eigenvalue weighted by Crippen LogP contribution is -2.25. The van der Waals surface area contributed by atoms with Crippen molar-refractivity contribution in [3.8, 4) is 0 Å². The van der Waals surface area contributed by atoms with Gasteiger partial charge in [-0.05, 0) is 31.0 Å². The summed E-state index contributed by atoms with van der Waals surface area (Å²) >= 11 is 7.12. The Balaban J connectivity index is 1.65. The first kappa shape index (κ1) is 20.9. The maximum absolute atomic E-state index is 12.3. The van der Waals surface area contributed by atoms with Gasteiger partial charge in [-0.2, -0.15) is 0 Å². The van der Waals surface area contributed by atoms with E-state index in [9.17, 15) is 18.0 Å². The highest BCUT2D eigenvalue weighted by molar-refractivity contribution is 7.99. The number of nitrogens with zero attached hydrogens (tertiary/aromatic N) is 2. The molecule has 0 saturated carbocycles. The average molecular weight is 447 g/mol. The molecule has 0 aliphatic carbocycles. The predicted molar refractivity (Wildman–Crippen MR) is 106 cm³/mol. The smallest absolute Gasteiger partial charge is 0.344 e. The Morgan fingerprint density at radius 2 is 2.29 bits per heavy atom. The van der Waals surface area contributed by atoms with Crippen molar-refractivity contribution < 1.29 is 17.9 Å². The first-order valence-corrected chi connectivity index (χ1v) is 11.7. The van der Waals surface area contributed by atoms with Crippen molar-refractivity contribution in [1.29, 1.82) is 0 Å². The molecule has 2 aromatic rings. The Labute approximate surface area is 170 Å². The molecule has 1 amide bonds. The Morgan fingerprint density at radius 1 is 1.50 bits per heavy atom. The number of halogens is 1. The van der Waals surface area contributed by atoms with Crippen molar-refractivity contribution in [2.45, 2.75) is 35.5 Å². The van der Waals surface area contributed by atoms with Gasteiger partial charge in [-0.15, -0.1) is 5.10 Å². The van der Waals surface area contributed by atoms with E-state index in [1.54, 1.807) is 0 Å². The molecule has 28 heavy (non-hydrogen) atoms. The fourth-order valence-electron chi connectivity index (χ4n) is 2.71. The van der Waals surface area contributed by atoms with Crippen LogP contribution >= 0.6 is 23.4 Å². The van der Waals surface area contributed by atoms with Crippen LogP contribution in [0.4, 0.5) is 5.69 Å². The van der Waals surface area contributed by atoms with Crippen LogP contribution in [-0.2, 0) is 25.9 Å². The topological polar surface area (TPSA) is 123 Å². The standard InChI is InChI=1S/C16H19ClN4O5S2/c1-28(24,25)11-4-5-12(17)13(7-11)18-14(22)9-27-16-20-19-15(23)21(16)8-10-3-2-6-26-10/h4-5,7,10H,2-3,6,8-9H2,1H3,(H,18,22)(H,19,23)/t10-/m0/s1. The van der Waals surface area contributed by atoms with Crippen molar-refractivity contribution in [1.82, 2.24) is 14.8 Å². The molecule has 3 rings (SSSR count). The molecule has 2 N–H and O–H groups in total. The van der Waals surface area contributed by atoms with E-state index >= 15 is 0 Å². The molecule has 9 nitrogen and oxygen atoms in total. The van der Waals surface area contributed by atoms with Gasteiger partial charge in [0.25, 0.3) is 0 Å². The van der Waals surface area contributed by atoms with Crippen LogP contribution in [0.3, 0.4) is 0 Å². The average Bonchev–Trinajstić information content (AvgIpc) is 3.25. The number of ether oxygens (including phenoxy) is 1. The Kier molecular flexibility index (Phi) is 6.48. The molecule has 1 aliphatic heterocycles. The predicted octanol–water partition coefficient (Wildman–Crippen LogP) is 1.54. The fourth-order valence-corrected chi connectivity index (χ4v) is 4.28. The molecule has 12 heteroatoms. The summed E-state index contributed by atoms with van der Waals surface area (Å²) in [6.07, 6.45) is 2.86. The summed E-state index contributed by atoms with van der Waals surface area (Å²) in [4.78, 5) is 24.3. The number of thioether (sulfide) groups is 1. The normalized spacial score (nSPS) is 17.0. The number of hydrogen-bond donors (Lipinski definition) is 2. The number of anilines is 1. The number of hydrogen-bond acceptors (Lipinski definition) is 7. The monoisotopic (exact) mass is 446 g/mol. The molecule has 1 fully saturated rings. The molecule has 0 spiro atoms. The number of carbonyl (C=O) groups is 1. The Morgan fingerprint density at radius 3 is 2.96 bits per heavy atom. The molecule has 0 bridgehead atoms. The number of carbonyl (C=O) groups excluding carboxylic acids is 1. The number of sulfone groups is 1. The lowest BCUT2D eigenvalue weighted by Gasteiger charge is -2.11. The van der Waals surface area contributed by atoms with E-state index in [2.05, 4.69) is 15.5 Å². The molecule has 0 radical (unpaired) electrons. The van der Waals surface area contributed by atoms with Crippen LogP contribution in [0.15, 0.2) is 33.0 Å².